The van der Waals surface area contributed by atoms with E-state index in [9.17, 15) is 4.79 Å². The van der Waals surface area contributed by atoms with Gasteiger partial charge in [0.25, 0.3) is 0 Å². The second kappa shape index (κ2) is 7.46. The number of aromatic nitrogens is 2. The number of thioether (sulfide) groups is 1. The Morgan fingerprint density at radius 2 is 1.91 bits per heavy atom. The number of rotatable bonds is 6. The van der Waals surface area contributed by atoms with Crippen LogP contribution < -0.4 is 10.6 Å². The van der Waals surface area contributed by atoms with E-state index in [0.29, 0.717) is 17.4 Å². The lowest BCUT2D eigenvalue weighted by Crippen LogP contribution is -2.27. The fourth-order valence-corrected chi connectivity index (χ4v) is 3.35. The first kappa shape index (κ1) is 16.6. The molecule has 1 aromatic heterocycles. The smallest absolute Gasteiger partial charge is 0.233 e. The highest BCUT2D eigenvalue weighted by atomic mass is 32.2. The number of hydrogen-bond donors (Lipinski definition) is 1. The minimum absolute atomic E-state index is 0.0513. The molecule has 0 atom stereocenters. The second-order valence-corrected chi connectivity index (χ2v) is 7.24. The molecule has 0 saturated heterocycles. The predicted molar refractivity (Wildman–Crippen MR) is 92.3 cm³/mol. The molecule has 2 N–H and O–H groups in total. The van der Waals surface area contributed by atoms with Gasteiger partial charge in [0, 0.05) is 33.4 Å². The SMILES string of the molecule is CN(Cc1ccc(N(C)C)cc1)C(=O)CSc1nnc(N)s1. The summed E-state index contributed by atoms with van der Waals surface area (Å²) in [6.45, 7) is 0.589. The summed E-state index contributed by atoms with van der Waals surface area (Å²) in [6, 6.07) is 8.17. The van der Waals surface area contributed by atoms with Gasteiger partial charge in [0.15, 0.2) is 4.34 Å². The Morgan fingerprint density at radius 3 is 2.45 bits per heavy atom. The van der Waals surface area contributed by atoms with E-state index in [2.05, 4.69) is 10.2 Å². The summed E-state index contributed by atoms with van der Waals surface area (Å²) in [6.07, 6.45) is 0. The highest BCUT2D eigenvalue weighted by Gasteiger charge is 2.12. The van der Waals surface area contributed by atoms with Crippen molar-refractivity contribution in [2.24, 2.45) is 0 Å². The van der Waals surface area contributed by atoms with Gasteiger partial charge in [0.2, 0.25) is 11.0 Å². The van der Waals surface area contributed by atoms with Crippen LogP contribution >= 0.6 is 23.1 Å². The Morgan fingerprint density at radius 1 is 1.23 bits per heavy atom. The summed E-state index contributed by atoms with van der Waals surface area (Å²) in [4.78, 5) is 15.9. The third-order valence-corrected chi connectivity index (χ3v) is 4.91. The maximum absolute atomic E-state index is 12.1. The topological polar surface area (TPSA) is 75.3 Å². The minimum atomic E-state index is 0.0513. The van der Waals surface area contributed by atoms with Crippen molar-refractivity contribution in [3.05, 3.63) is 29.8 Å². The summed E-state index contributed by atoms with van der Waals surface area (Å²) < 4.78 is 0.717. The lowest BCUT2D eigenvalue weighted by Gasteiger charge is -2.18. The molecule has 6 nitrogen and oxygen atoms in total. The average Bonchev–Trinajstić information content (AvgIpc) is 2.91. The molecule has 0 aliphatic carbocycles. The fraction of sp³-hybridized carbons (Fsp3) is 0.357. The number of carbonyl (C=O) groups excluding carboxylic acids is 1. The van der Waals surface area contributed by atoms with Crippen molar-refractivity contribution in [3.8, 4) is 0 Å². The maximum Gasteiger partial charge on any atom is 0.233 e. The molecule has 0 aliphatic rings. The Hall–Kier alpha value is -1.80. The largest absolute Gasteiger partial charge is 0.378 e. The van der Waals surface area contributed by atoms with E-state index in [4.69, 9.17) is 5.73 Å². The first-order chi connectivity index (χ1) is 10.5. The monoisotopic (exact) mass is 337 g/mol. The molecule has 8 heteroatoms. The lowest BCUT2D eigenvalue weighted by molar-refractivity contribution is -0.127. The Labute approximate surface area is 138 Å². The van der Waals surface area contributed by atoms with Crippen molar-refractivity contribution < 1.29 is 4.79 Å². The summed E-state index contributed by atoms with van der Waals surface area (Å²) in [5.41, 5.74) is 7.76. The van der Waals surface area contributed by atoms with Crippen LogP contribution in [0.15, 0.2) is 28.6 Å². The zero-order valence-corrected chi connectivity index (χ0v) is 14.4. The predicted octanol–water partition coefficient (Wildman–Crippen LogP) is 1.94. The first-order valence-corrected chi connectivity index (χ1v) is 8.48. The molecule has 1 heterocycles. The molecule has 118 valence electrons. The zero-order chi connectivity index (χ0) is 16.1. The van der Waals surface area contributed by atoms with Crippen LogP contribution in [0.25, 0.3) is 0 Å². The number of nitrogens with zero attached hydrogens (tertiary/aromatic N) is 4. The average molecular weight is 337 g/mol. The second-order valence-electron chi connectivity index (χ2n) is 5.01. The van der Waals surface area contributed by atoms with Gasteiger partial charge < -0.3 is 15.5 Å². The van der Waals surface area contributed by atoms with Crippen molar-refractivity contribution in [3.63, 3.8) is 0 Å². The van der Waals surface area contributed by atoms with Crippen molar-refractivity contribution in [1.82, 2.24) is 15.1 Å². The Balaban J connectivity index is 1.85. The molecule has 0 fully saturated rings. The molecular weight excluding hydrogens is 318 g/mol. The number of anilines is 2. The number of benzene rings is 1. The summed E-state index contributed by atoms with van der Waals surface area (Å²) in [5.74, 6) is 0.386. The van der Waals surface area contributed by atoms with Crippen molar-refractivity contribution in [2.75, 3.05) is 37.5 Å². The highest BCUT2D eigenvalue weighted by molar-refractivity contribution is 8.01. The summed E-state index contributed by atoms with van der Waals surface area (Å²) >= 11 is 2.65. The summed E-state index contributed by atoms with van der Waals surface area (Å²) in [5, 5.41) is 8.04. The molecule has 1 aromatic carbocycles. The van der Waals surface area contributed by atoms with Gasteiger partial charge in [-0.1, -0.05) is 35.2 Å². The number of carbonyl (C=O) groups is 1. The number of nitrogens with two attached hydrogens (primary N) is 1. The zero-order valence-electron chi connectivity index (χ0n) is 12.8. The summed E-state index contributed by atoms with van der Waals surface area (Å²) in [7, 11) is 5.81. The number of nitrogen functional groups attached to an aromatic ring is 1. The fourth-order valence-electron chi connectivity index (χ4n) is 1.77. The van der Waals surface area contributed by atoms with Gasteiger partial charge in [0.1, 0.15) is 0 Å². The van der Waals surface area contributed by atoms with E-state index in [1.807, 2.05) is 43.3 Å². The van der Waals surface area contributed by atoms with Gasteiger partial charge in [-0.05, 0) is 17.7 Å². The molecule has 2 aromatic rings. The van der Waals surface area contributed by atoms with Crippen LogP contribution in [0.1, 0.15) is 5.56 Å². The van der Waals surface area contributed by atoms with Gasteiger partial charge in [0.05, 0.1) is 5.75 Å². The molecule has 0 saturated carbocycles. The Bertz CT molecular complexity index is 626. The third kappa shape index (κ3) is 4.60. The van der Waals surface area contributed by atoms with E-state index in [-0.39, 0.29) is 5.91 Å². The molecule has 1 amide bonds. The quantitative estimate of drug-likeness (QED) is 0.812. The highest BCUT2D eigenvalue weighted by Crippen LogP contribution is 2.23. The normalized spacial score (nSPS) is 10.5. The van der Waals surface area contributed by atoms with E-state index in [1.54, 1.807) is 11.9 Å². The molecule has 2 rings (SSSR count). The molecule has 0 spiro atoms. The number of hydrogen-bond acceptors (Lipinski definition) is 7. The van der Waals surface area contributed by atoms with Crippen LogP contribution in [0.4, 0.5) is 10.8 Å². The van der Waals surface area contributed by atoms with Gasteiger partial charge in [-0.15, -0.1) is 10.2 Å². The van der Waals surface area contributed by atoms with Gasteiger partial charge >= 0.3 is 0 Å². The van der Waals surface area contributed by atoms with Crippen molar-refractivity contribution >= 4 is 39.8 Å². The van der Waals surface area contributed by atoms with E-state index >= 15 is 0 Å². The van der Waals surface area contributed by atoms with E-state index in [0.717, 1.165) is 15.6 Å². The van der Waals surface area contributed by atoms with Gasteiger partial charge in [-0.25, -0.2) is 0 Å². The maximum atomic E-state index is 12.1. The molecule has 22 heavy (non-hydrogen) atoms. The third-order valence-electron chi connectivity index (χ3n) is 3.04. The molecular formula is C14H19N5OS2. The van der Waals surface area contributed by atoms with Crippen molar-refractivity contribution in [2.45, 2.75) is 10.9 Å². The molecule has 0 bridgehead atoms. The van der Waals surface area contributed by atoms with E-state index in [1.165, 1.54) is 23.1 Å². The lowest BCUT2D eigenvalue weighted by atomic mass is 10.2. The van der Waals surface area contributed by atoms with Crippen LogP contribution in [-0.4, -0.2) is 47.9 Å². The van der Waals surface area contributed by atoms with Crippen LogP contribution in [-0.2, 0) is 11.3 Å². The van der Waals surface area contributed by atoms with Gasteiger partial charge in [-0.3, -0.25) is 4.79 Å². The molecule has 0 aliphatic heterocycles. The standard InChI is InChI=1S/C14H19N5OS2/c1-18(2)11-6-4-10(5-7-11)8-19(3)12(20)9-21-14-17-16-13(15)22-14/h4-7H,8-9H2,1-3H3,(H2,15,16). The van der Waals surface area contributed by atoms with Crippen LogP contribution in [0.5, 0.6) is 0 Å². The van der Waals surface area contributed by atoms with Gasteiger partial charge in [-0.2, -0.15) is 0 Å². The first-order valence-electron chi connectivity index (χ1n) is 6.67. The van der Waals surface area contributed by atoms with Crippen LogP contribution in [0, 0.1) is 0 Å². The number of amides is 1. The van der Waals surface area contributed by atoms with E-state index < -0.39 is 0 Å². The molecule has 0 radical (unpaired) electrons. The van der Waals surface area contributed by atoms with Crippen LogP contribution in [0.2, 0.25) is 0 Å². The molecule has 0 unspecified atom stereocenters. The van der Waals surface area contributed by atoms with Crippen molar-refractivity contribution in [1.29, 1.82) is 0 Å². The minimum Gasteiger partial charge on any atom is -0.378 e. The van der Waals surface area contributed by atoms with Crippen LogP contribution in [0.3, 0.4) is 0 Å². The Kier molecular flexibility index (Phi) is 5.62.